The van der Waals surface area contributed by atoms with Gasteiger partial charge in [-0.2, -0.15) is 4.31 Å². The van der Waals surface area contributed by atoms with Gasteiger partial charge >= 0.3 is 0 Å². The molecule has 6 heteroatoms. The predicted octanol–water partition coefficient (Wildman–Crippen LogP) is 1.45. The minimum atomic E-state index is -3.81. The lowest BCUT2D eigenvalue weighted by molar-refractivity contribution is 0.350. The average Bonchev–Trinajstić information content (AvgIpc) is 2.77. The van der Waals surface area contributed by atoms with Crippen molar-refractivity contribution in [1.29, 1.82) is 0 Å². The second kappa shape index (κ2) is 6.14. The zero-order chi connectivity index (χ0) is 15.6. The van der Waals surface area contributed by atoms with E-state index in [0.717, 1.165) is 6.07 Å². The van der Waals surface area contributed by atoms with E-state index < -0.39 is 15.8 Å². The Labute approximate surface area is 124 Å². The Morgan fingerprint density at radius 2 is 1.95 bits per heavy atom. The summed E-state index contributed by atoms with van der Waals surface area (Å²) in [5.74, 6) is 4.65. The van der Waals surface area contributed by atoms with E-state index in [9.17, 15) is 12.8 Å². The van der Waals surface area contributed by atoms with Crippen LogP contribution in [0.2, 0.25) is 0 Å². The highest BCUT2D eigenvalue weighted by Crippen LogP contribution is 2.29. The molecule has 0 amide bonds. The van der Waals surface area contributed by atoms with Crippen molar-refractivity contribution in [1.82, 2.24) is 4.31 Å². The quantitative estimate of drug-likeness (QED) is 0.841. The molecule has 0 aromatic heterocycles. The molecule has 4 nitrogen and oxygen atoms in total. The fourth-order valence-electron chi connectivity index (χ4n) is 2.34. The first-order valence-electron chi connectivity index (χ1n) is 6.75. The number of nitrogens with zero attached hydrogens (tertiary/aromatic N) is 1. The molecule has 1 saturated heterocycles. The molecule has 1 N–H and O–H groups in total. The molecule has 0 bridgehead atoms. The number of aliphatic hydroxyl groups is 1. The van der Waals surface area contributed by atoms with Gasteiger partial charge < -0.3 is 5.11 Å². The molecule has 2 rings (SSSR count). The molecule has 1 aromatic rings. The summed E-state index contributed by atoms with van der Waals surface area (Å²) in [7, 11) is -3.81. The summed E-state index contributed by atoms with van der Waals surface area (Å²) in [6.07, 6.45) is 0. The van der Waals surface area contributed by atoms with E-state index in [-0.39, 0.29) is 23.3 Å². The van der Waals surface area contributed by atoms with E-state index in [0.29, 0.717) is 18.7 Å². The second-order valence-corrected chi connectivity index (χ2v) is 7.29. The standard InChI is InChI=1S/C15H18FNO3S/c1-11-9-17(10-12(11)2)21(19,20)15-6-5-13(4-3-7-18)8-14(15)16/h5-6,8,11-12,18H,7,9-10H2,1-2H3. The van der Waals surface area contributed by atoms with Gasteiger partial charge in [0.05, 0.1) is 0 Å². The fourth-order valence-corrected chi connectivity index (χ4v) is 4.03. The van der Waals surface area contributed by atoms with Crippen LogP contribution >= 0.6 is 0 Å². The zero-order valence-corrected chi connectivity index (χ0v) is 12.8. The Morgan fingerprint density at radius 3 is 2.48 bits per heavy atom. The lowest BCUT2D eigenvalue weighted by atomic mass is 10.0. The highest BCUT2D eigenvalue weighted by atomic mass is 32.2. The van der Waals surface area contributed by atoms with Crippen molar-refractivity contribution in [3.05, 3.63) is 29.6 Å². The van der Waals surface area contributed by atoms with E-state index in [1.807, 2.05) is 13.8 Å². The molecule has 1 aliphatic rings. The molecule has 2 atom stereocenters. The number of halogens is 1. The number of aliphatic hydroxyl groups excluding tert-OH is 1. The summed E-state index contributed by atoms with van der Waals surface area (Å²) in [5.41, 5.74) is 0.337. The molecule has 1 aromatic carbocycles. The van der Waals surface area contributed by atoms with Gasteiger partial charge in [0, 0.05) is 18.7 Å². The number of hydrogen-bond donors (Lipinski definition) is 1. The third-order valence-electron chi connectivity index (χ3n) is 3.82. The van der Waals surface area contributed by atoms with E-state index >= 15 is 0 Å². The van der Waals surface area contributed by atoms with Crippen LogP contribution in [-0.4, -0.2) is 37.5 Å². The first kappa shape index (κ1) is 16.0. The number of rotatable bonds is 2. The molecule has 0 saturated carbocycles. The molecule has 0 spiro atoms. The molecule has 1 heterocycles. The molecule has 1 aliphatic heterocycles. The van der Waals surface area contributed by atoms with Gasteiger partial charge in [-0.05, 0) is 30.0 Å². The predicted molar refractivity (Wildman–Crippen MR) is 77.5 cm³/mol. The van der Waals surface area contributed by atoms with Crippen molar-refractivity contribution in [2.45, 2.75) is 18.7 Å². The third kappa shape index (κ3) is 3.26. The lowest BCUT2D eigenvalue weighted by Gasteiger charge is -2.16. The van der Waals surface area contributed by atoms with Crippen molar-refractivity contribution in [2.75, 3.05) is 19.7 Å². The summed E-state index contributed by atoms with van der Waals surface area (Å²) in [6.45, 7) is 4.48. The van der Waals surface area contributed by atoms with E-state index in [1.54, 1.807) is 0 Å². The molecular formula is C15H18FNO3S. The van der Waals surface area contributed by atoms with Gasteiger partial charge in [0.25, 0.3) is 0 Å². The smallest absolute Gasteiger partial charge is 0.246 e. The summed E-state index contributed by atoms with van der Waals surface area (Å²) < 4.78 is 40.4. The molecule has 114 valence electrons. The topological polar surface area (TPSA) is 57.6 Å². The van der Waals surface area contributed by atoms with Gasteiger partial charge in [0.1, 0.15) is 17.3 Å². The molecule has 1 fully saturated rings. The Balaban J connectivity index is 2.33. The molecular weight excluding hydrogens is 293 g/mol. The lowest BCUT2D eigenvalue weighted by Crippen LogP contribution is -2.29. The van der Waals surface area contributed by atoms with E-state index in [4.69, 9.17) is 5.11 Å². The van der Waals surface area contributed by atoms with Crippen molar-refractivity contribution < 1.29 is 17.9 Å². The minimum Gasteiger partial charge on any atom is -0.384 e. The van der Waals surface area contributed by atoms with Crippen LogP contribution in [0.1, 0.15) is 19.4 Å². The van der Waals surface area contributed by atoms with Gasteiger partial charge in [0.15, 0.2) is 0 Å². The maximum absolute atomic E-state index is 14.1. The van der Waals surface area contributed by atoms with Gasteiger partial charge in [-0.3, -0.25) is 0 Å². The van der Waals surface area contributed by atoms with Gasteiger partial charge in [-0.25, -0.2) is 12.8 Å². The van der Waals surface area contributed by atoms with Crippen LogP contribution in [0, 0.1) is 29.5 Å². The normalized spacial score (nSPS) is 22.9. The van der Waals surface area contributed by atoms with Crippen molar-refractivity contribution >= 4 is 10.0 Å². The molecule has 21 heavy (non-hydrogen) atoms. The van der Waals surface area contributed by atoms with Gasteiger partial charge in [0.2, 0.25) is 10.0 Å². The van der Waals surface area contributed by atoms with Crippen molar-refractivity contribution in [3.63, 3.8) is 0 Å². The summed E-state index contributed by atoms with van der Waals surface area (Å²) in [4.78, 5) is -0.321. The van der Waals surface area contributed by atoms with Crippen molar-refractivity contribution in [2.24, 2.45) is 11.8 Å². The summed E-state index contributed by atoms with van der Waals surface area (Å²) >= 11 is 0. The monoisotopic (exact) mass is 311 g/mol. The molecule has 0 radical (unpaired) electrons. The largest absolute Gasteiger partial charge is 0.384 e. The van der Waals surface area contributed by atoms with Crippen LogP contribution in [0.15, 0.2) is 23.1 Å². The Bertz CT molecular complexity index is 681. The highest BCUT2D eigenvalue weighted by Gasteiger charge is 2.36. The van der Waals surface area contributed by atoms with E-state index in [2.05, 4.69) is 11.8 Å². The van der Waals surface area contributed by atoms with Gasteiger partial charge in [-0.1, -0.05) is 25.7 Å². The van der Waals surface area contributed by atoms with Crippen LogP contribution in [0.3, 0.4) is 0 Å². The van der Waals surface area contributed by atoms with E-state index in [1.165, 1.54) is 16.4 Å². The second-order valence-electron chi connectivity index (χ2n) is 5.38. The number of sulfonamides is 1. The van der Waals surface area contributed by atoms with Gasteiger partial charge in [-0.15, -0.1) is 0 Å². The third-order valence-corrected chi connectivity index (χ3v) is 5.68. The highest BCUT2D eigenvalue weighted by molar-refractivity contribution is 7.89. The minimum absolute atomic E-state index is 0.262. The number of hydrogen-bond acceptors (Lipinski definition) is 3. The Kier molecular flexibility index (Phi) is 4.67. The maximum atomic E-state index is 14.1. The molecule has 2 unspecified atom stereocenters. The fraction of sp³-hybridized carbons (Fsp3) is 0.467. The maximum Gasteiger partial charge on any atom is 0.246 e. The van der Waals surface area contributed by atoms with Crippen molar-refractivity contribution in [3.8, 4) is 11.8 Å². The first-order valence-corrected chi connectivity index (χ1v) is 8.19. The average molecular weight is 311 g/mol. The zero-order valence-electron chi connectivity index (χ0n) is 12.0. The van der Waals surface area contributed by atoms with Crippen LogP contribution < -0.4 is 0 Å². The first-order chi connectivity index (χ1) is 9.86. The number of benzene rings is 1. The SMILES string of the molecule is CC1CN(S(=O)(=O)c2ccc(C#CCO)cc2F)CC1C. The van der Waals surface area contributed by atoms with Crippen LogP contribution in [-0.2, 0) is 10.0 Å². The summed E-state index contributed by atoms with van der Waals surface area (Å²) in [6, 6.07) is 3.76. The van der Waals surface area contributed by atoms with Crippen LogP contribution in [0.25, 0.3) is 0 Å². The Hall–Kier alpha value is -1.42. The summed E-state index contributed by atoms with van der Waals surface area (Å²) in [5, 5.41) is 8.60. The van der Waals surface area contributed by atoms with Crippen LogP contribution in [0.5, 0.6) is 0 Å². The molecule has 0 aliphatic carbocycles. The van der Waals surface area contributed by atoms with Crippen LogP contribution in [0.4, 0.5) is 4.39 Å². The Morgan fingerprint density at radius 1 is 1.33 bits per heavy atom.